The zero-order chi connectivity index (χ0) is 21.4. The summed E-state index contributed by atoms with van der Waals surface area (Å²) >= 11 is 1.62. The van der Waals surface area contributed by atoms with Crippen LogP contribution < -0.4 is 4.90 Å². The number of amides is 2. The van der Waals surface area contributed by atoms with E-state index < -0.39 is 0 Å². The Labute approximate surface area is 186 Å². The van der Waals surface area contributed by atoms with Gasteiger partial charge in [0.05, 0.1) is 10.6 Å². The molecule has 164 valence electrons. The second-order valence-corrected chi connectivity index (χ2v) is 9.90. The minimum Gasteiger partial charge on any atom is -0.366 e. The van der Waals surface area contributed by atoms with Crippen LogP contribution >= 0.6 is 11.3 Å². The third-order valence-electron chi connectivity index (χ3n) is 6.82. The van der Waals surface area contributed by atoms with E-state index in [1.54, 1.807) is 23.5 Å². The van der Waals surface area contributed by atoms with Gasteiger partial charge in [-0.05, 0) is 55.9 Å². The van der Waals surface area contributed by atoms with Crippen LogP contribution in [0.4, 0.5) is 10.1 Å². The monoisotopic (exact) mass is 441 g/mol. The molecule has 0 bridgehead atoms. The predicted molar refractivity (Wildman–Crippen MR) is 120 cm³/mol. The van der Waals surface area contributed by atoms with Gasteiger partial charge in [0.15, 0.2) is 0 Å². The number of aryl methyl sites for hydroxylation is 1. The molecule has 1 aromatic heterocycles. The predicted octanol–water partition coefficient (Wildman–Crippen LogP) is 3.58. The summed E-state index contributed by atoms with van der Waals surface area (Å²) in [6.45, 7) is 4.27. The summed E-state index contributed by atoms with van der Waals surface area (Å²) in [5.41, 5.74) is 1.80. The summed E-state index contributed by atoms with van der Waals surface area (Å²) in [5.74, 6) is 0.136. The maximum atomic E-state index is 14.1. The van der Waals surface area contributed by atoms with Gasteiger partial charge in [-0.1, -0.05) is 12.1 Å². The van der Waals surface area contributed by atoms with Gasteiger partial charge >= 0.3 is 0 Å². The highest BCUT2D eigenvalue weighted by Crippen LogP contribution is 2.34. The number of para-hydroxylation sites is 1. The molecule has 7 heteroatoms. The van der Waals surface area contributed by atoms with Gasteiger partial charge in [0.1, 0.15) is 5.82 Å². The molecule has 3 heterocycles. The molecule has 2 aromatic rings. The average molecular weight is 442 g/mol. The lowest BCUT2D eigenvalue weighted by Gasteiger charge is -2.38. The lowest BCUT2D eigenvalue weighted by molar-refractivity contribution is -0.136. The first-order valence-corrected chi connectivity index (χ1v) is 12.1. The zero-order valence-electron chi connectivity index (χ0n) is 17.7. The van der Waals surface area contributed by atoms with E-state index in [9.17, 15) is 14.0 Å². The van der Waals surface area contributed by atoms with Crippen molar-refractivity contribution in [2.24, 2.45) is 5.92 Å². The maximum absolute atomic E-state index is 14.1. The Morgan fingerprint density at radius 1 is 0.968 bits per heavy atom. The largest absolute Gasteiger partial charge is 0.366 e. The van der Waals surface area contributed by atoms with Gasteiger partial charge < -0.3 is 14.7 Å². The Hall–Kier alpha value is -2.41. The number of nitrogens with zero attached hydrogens (tertiary/aromatic N) is 3. The molecule has 0 unspecified atom stereocenters. The molecule has 2 aliphatic heterocycles. The van der Waals surface area contributed by atoms with Crippen molar-refractivity contribution >= 4 is 28.8 Å². The lowest BCUT2D eigenvalue weighted by Crippen LogP contribution is -2.51. The van der Waals surface area contributed by atoms with E-state index in [1.807, 2.05) is 26.8 Å². The van der Waals surface area contributed by atoms with E-state index in [0.29, 0.717) is 31.9 Å². The molecule has 0 N–H and O–H groups in total. The van der Waals surface area contributed by atoms with Gasteiger partial charge in [-0.25, -0.2) is 4.39 Å². The number of fused-ring (bicyclic) bond motifs is 1. The SMILES string of the molecule is O=C(c1cc2c(s1)CC[C@H](C(=O)N1CCN(c3ccccc3F)CC1)C2)N1CCCC1. The fourth-order valence-corrected chi connectivity index (χ4v) is 6.23. The van der Waals surface area contributed by atoms with Crippen LogP contribution in [-0.2, 0) is 17.6 Å². The molecular weight excluding hydrogens is 413 g/mol. The quantitative estimate of drug-likeness (QED) is 0.731. The van der Waals surface area contributed by atoms with Crippen LogP contribution in [0.1, 0.15) is 39.4 Å². The Morgan fingerprint density at radius 3 is 2.45 bits per heavy atom. The smallest absolute Gasteiger partial charge is 0.263 e. The van der Waals surface area contributed by atoms with E-state index in [4.69, 9.17) is 0 Å². The number of carbonyl (C=O) groups excluding carboxylic acids is 2. The third-order valence-corrected chi connectivity index (χ3v) is 8.05. The first-order valence-electron chi connectivity index (χ1n) is 11.3. The summed E-state index contributed by atoms with van der Waals surface area (Å²) in [5, 5.41) is 0. The Bertz CT molecular complexity index is 977. The van der Waals surface area contributed by atoms with Gasteiger partial charge in [-0.15, -0.1) is 11.3 Å². The zero-order valence-corrected chi connectivity index (χ0v) is 18.5. The number of hydrogen-bond donors (Lipinski definition) is 0. The molecular formula is C24H28FN3O2S. The minimum atomic E-state index is -0.209. The number of halogens is 1. The molecule has 2 amide bonds. The van der Waals surface area contributed by atoms with Gasteiger partial charge in [0.2, 0.25) is 5.91 Å². The average Bonchev–Trinajstić information content (AvgIpc) is 3.48. The molecule has 5 rings (SSSR count). The Kier molecular flexibility index (Phi) is 5.69. The van der Waals surface area contributed by atoms with Crippen molar-refractivity contribution in [3.63, 3.8) is 0 Å². The van der Waals surface area contributed by atoms with Gasteiger partial charge in [0.25, 0.3) is 5.91 Å². The number of carbonyl (C=O) groups is 2. The van der Waals surface area contributed by atoms with E-state index in [-0.39, 0.29) is 23.5 Å². The van der Waals surface area contributed by atoms with Crippen molar-refractivity contribution in [3.05, 3.63) is 51.5 Å². The molecule has 1 aromatic carbocycles. The van der Waals surface area contributed by atoms with Crippen LogP contribution in [0, 0.1) is 11.7 Å². The second-order valence-electron chi connectivity index (χ2n) is 8.76. The van der Waals surface area contributed by atoms with Crippen molar-refractivity contribution in [2.75, 3.05) is 44.2 Å². The van der Waals surface area contributed by atoms with E-state index in [2.05, 4.69) is 0 Å². The number of benzene rings is 1. The highest BCUT2D eigenvalue weighted by Gasteiger charge is 2.32. The fourth-order valence-electron chi connectivity index (χ4n) is 5.05. The van der Waals surface area contributed by atoms with Crippen LogP contribution in [0.25, 0.3) is 0 Å². The first kappa shape index (κ1) is 20.5. The molecule has 2 fully saturated rings. The number of hydrogen-bond acceptors (Lipinski definition) is 4. The minimum absolute atomic E-state index is 0.0168. The lowest BCUT2D eigenvalue weighted by atomic mass is 9.87. The van der Waals surface area contributed by atoms with Gasteiger partial charge in [-0.3, -0.25) is 9.59 Å². The molecule has 3 aliphatic rings. The van der Waals surface area contributed by atoms with Gasteiger partial charge in [0, 0.05) is 50.1 Å². The van der Waals surface area contributed by atoms with Crippen LogP contribution in [0.15, 0.2) is 30.3 Å². The number of thiophene rings is 1. The standard InChI is InChI=1S/C24H28FN3O2S/c25-19-5-1-2-6-20(19)26-11-13-28(14-12-26)23(29)17-7-8-21-18(15-17)16-22(31-21)24(30)27-9-3-4-10-27/h1-2,5-6,16-17H,3-4,7-15H2/t17-/m0/s1. The first-order chi connectivity index (χ1) is 15.1. The fraction of sp³-hybridized carbons (Fsp3) is 0.500. The molecule has 0 spiro atoms. The topological polar surface area (TPSA) is 43.9 Å². The van der Waals surface area contributed by atoms with Crippen LogP contribution in [0.3, 0.4) is 0 Å². The van der Waals surface area contributed by atoms with E-state index >= 15 is 0 Å². The summed E-state index contributed by atoms with van der Waals surface area (Å²) in [7, 11) is 0. The second kappa shape index (κ2) is 8.61. The summed E-state index contributed by atoms with van der Waals surface area (Å²) in [6.07, 6.45) is 4.64. The van der Waals surface area contributed by atoms with Crippen molar-refractivity contribution in [2.45, 2.75) is 32.1 Å². The summed E-state index contributed by atoms with van der Waals surface area (Å²) in [4.78, 5) is 33.9. The highest BCUT2D eigenvalue weighted by molar-refractivity contribution is 7.14. The molecule has 1 aliphatic carbocycles. The van der Waals surface area contributed by atoms with E-state index in [1.165, 1.54) is 16.5 Å². The van der Waals surface area contributed by atoms with Crippen molar-refractivity contribution in [3.8, 4) is 0 Å². The molecule has 0 radical (unpaired) electrons. The number of anilines is 1. The van der Waals surface area contributed by atoms with E-state index in [0.717, 1.165) is 50.1 Å². The number of rotatable bonds is 3. The normalized spacial score (nSPS) is 21.3. The van der Waals surface area contributed by atoms with Crippen molar-refractivity contribution in [1.29, 1.82) is 0 Å². The molecule has 0 saturated carbocycles. The third kappa shape index (κ3) is 4.07. The van der Waals surface area contributed by atoms with Gasteiger partial charge in [-0.2, -0.15) is 0 Å². The molecule has 2 saturated heterocycles. The van der Waals surface area contributed by atoms with Crippen molar-refractivity contribution in [1.82, 2.24) is 9.80 Å². The summed E-state index contributed by atoms with van der Waals surface area (Å²) < 4.78 is 14.1. The Morgan fingerprint density at radius 2 is 1.71 bits per heavy atom. The number of piperazine rings is 1. The van der Waals surface area contributed by atoms with Crippen LogP contribution in [0.5, 0.6) is 0 Å². The number of likely N-dealkylation sites (tertiary alicyclic amines) is 1. The molecule has 1 atom stereocenters. The maximum Gasteiger partial charge on any atom is 0.263 e. The highest BCUT2D eigenvalue weighted by atomic mass is 32.1. The Balaban J connectivity index is 1.20. The molecule has 31 heavy (non-hydrogen) atoms. The van der Waals surface area contributed by atoms with Crippen LogP contribution in [0.2, 0.25) is 0 Å². The summed E-state index contributed by atoms with van der Waals surface area (Å²) in [6, 6.07) is 8.86. The molecule has 5 nitrogen and oxygen atoms in total. The van der Waals surface area contributed by atoms with Crippen LogP contribution in [-0.4, -0.2) is 60.9 Å². The van der Waals surface area contributed by atoms with Crippen molar-refractivity contribution < 1.29 is 14.0 Å².